The number of imidazole rings is 1. The zero-order valence-electron chi connectivity index (χ0n) is 13.2. The molecule has 1 N–H and O–H groups in total. The minimum Gasteiger partial charge on any atom is -0.342 e. The molecule has 1 aliphatic heterocycles. The fourth-order valence-corrected chi connectivity index (χ4v) is 3.14. The summed E-state index contributed by atoms with van der Waals surface area (Å²) in [6.07, 6.45) is 1.63. The molecule has 1 aliphatic rings. The number of benzene rings is 1. The quantitative estimate of drug-likeness (QED) is 0.917. The molecule has 6 nitrogen and oxygen atoms in total. The third-order valence-corrected chi connectivity index (χ3v) is 4.55. The van der Waals surface area contributed by atoms with Gasteiger partial charge in [-0.05, 0) is 31.0 Å². The van der Waals surface area contributed by atoms with Gasteiger partial charge in [-0.3, -0.25) is 14.9 Å². The van der Waals surface area contributed by atoms with Crippen LogP contribution in [0.4, 0.5) is 5.95 Å². The third-order valence-electron chi connectivity index (χ3n) is 4.32. The molecule has 0 bridgehead atoms. The van der Waals surface area contributed by atoms with Crippen LogP contribution < -0.4 is 5.32 Å². The van der Waals surface area contributed by atoms with Crippen LogP contribution in [-0.4, -0.2) is 39.4 Å². The minimum absolute atomic E-state index is 0.0138. The topological polar surface area (TPSA) is 67.2 Å². The molecule has 0 saturated carbocycles. The molecule has 0 aliphatic carbocycles. The van der Waals surface area contributed by atoms with Crippen molar-refractivity contribution in [3.8, 4) is 0 Å². The fraction of sp³-hybridized carbons (Fsp3) is 0.438. The first-order valence-corrected chi connectivity index (χ1v) is 8.02. The summed E-state index contributed by atoms with van der Waals surface area (Å²) in [6.45, 7) is 2.73. The molecular weight excluding hydrogens is 316 g/mol. The highest BCUT2D eigenvalue weighted by Gasteiger charge is 2.27. The number of carbonyl (C=O) groups is 2. The summed E-state index contributed by atoms with van der Waals surface area (Å²) in [6, 6.07) is 5.44. The van der Waals surface area contributed by atoms with Crippen LogP contribution in [0.3, 0.4) is 0 Å². The van der Waals surface area contributed by atoms with E-state index < -0.39 is 0 Å². The van der Waals surface area contributed by atoms with Crippen LogP contribution in [0, 0.1) is 5.92 Å². The van der Waals surface area contributed by atoms with E-state index in [0.29, 0.717) is 17.5 Å². The lowest BCUT2D eigenvalue weighted by Crippen LogP contribution is -2.43. The van der Waals surface area contributed by atoms with Crippen molar-refractivity contribution in [1.29, 1.82) is 0 Å². The molecule has 1 saturated heterocycles. The summed E-state index contributed by atoms with van der Waals surface area (Å²) in [5.74, 6) is 0.212. The lowest BCUT2D eigenvalue weighted by molar-refractivity contribution is -0.132. The molecule has 0 radical (unpaired) electrons. The molecule has 0 unspecified atom stereocenters. The second kappa shape index (κ2) is 6.20. The smallest absolute Gasteiger partial charge is 0.231 e. The summed E-state index contributed by atoms with van der Waals surface area (Å²) in [7, 11) is 1.85. The largest absolute Gasteiger partial charge is 0.342 e. The second-order valence-electron chi connectivity index (χ2n) is 5.92. The number of fused-ring (bicyclic) bond motifs is 1. The summed E-state index contributed by atoms with van der Waals surface area (Å²) < 4.78 is 1.83. The van der Waals surface area contributed by atoms with E-state index in [9.17, 15) is 9.59 Å². The lowest BCUT2D eigenvalue weighted by Gasteiger charge is -2.31. The van der Waals surface area contributed by atoms with E-state index in [1.807, 2.05) is 17.7 Å². The Labute approximate surface area is 139 Å². The van der Waals surface area contributed by atoms with E-state index in [0.717, 1.165) is 30.4 Å². The number of carbonyl (C=O) groups excluding carboxylic acids is 2. The van der Waals surface area contributed by atoms with E-state index in [1.54, 1.807) is 17.0 Å². The van der Waals surface area contributed by atoms with Crippen LogP contribution in [-0.2, 0) is 16.6 Å². The number of amides is 2. The first-order chi connectivity index (χ1) is 11.0. The van der Waals surface area contributed by atoms with Crippen molar-refractivity contribution in [2.45, 2.75) is 19.8 Å². The number of rotatable bonds is 2. The highest BCUT2D eigenvalue weighted by atomic mass is 35.5. The number of nitrogens with one attached hydrogen (secondary N) is 1. The fourth-order valence-electron chi connectivity index (χ4n) is 2.97. The van der Waals surface area contributed by atoms with Crippen molar-refractivity contribution < 1.29 is 9.59 Å². The lowest BCUT2D eigenvalue weighted by atomic mass is 9.97. The van der Waals surface area contributed by atoms with Crippen LogP contribution in [0.2, 0.25) is 5.02 Å². The molecule has 1 aromatic heterocycles. The van der Waals surface area contributed by atoms with Gasteiger partial charge in [0.1, 0.15) is 0 Å². The zero-order valence-corrected chi connectivity index (χ0v) is 13.9. The molecule has 1 aromatic carbocycles. The van der Waals surface area contributed by atoms with Crippen LogP contribution in [0.1, 0.15) is 19.8 Å². The maximum Gasteiger partial charge on any atom is 0.231 e. The predicted molar refractivity (Wildman–Crippen MR) is 89.3 cm³/mol. The van der Waals surface area contributed by atoms with Gasteiger partial charge in [-0.25, -0.2) is 4.98 Å². The zero-order chi connectivity index (χ0) is 16.6. The Morgan fingerprint density at radius 3 is 2.91 bits per heavy atom. The van der Waals surface area contributed by atoms with E-state index in [2.05, 4.69) is 10.3 Å². The van der Waals surface area contributed by atoms with Crippen molar-refractivity contribution in [3.05, 3.63) is 23.2 Å². The molecule has 7 heteroatoms. The van der Waals surface area contributed by atoms with Crippen molar-refractivity contribution in [3.63, 3.8) is 0 Å². The molecule has 2 aromatic rings. The van der Waals surface area contributed by atoms with Gasteiger partial charge in [0.15, 0.2) is 0 Å². The normalized spacial score (nSPS) is 18.2. The van der Waals surface area contributed by atoms with Crippen LogP contribution in [0.25, 0.3) is 11.0 Å². The van der Waals surface area contributed by atoms with E-state index >= 15 is 0 Å². The average Bonchev–Trinajstić information content (AvgIpc) is 2.82. The van der Waals surface area contributed by atoms with Crippen LogP contribution in [0.5, 0.6) is 0 Å². The van der Waals surface area contributed by atoms with Crippen molar-refractivity contribution in [1.82, 2.24) is 14.5 Å². The molecule has 1 atom stereocenters. The Kier molecular flexibility index (Phi) is 4.26. The van der Waals surface area contributed by atoms with Gasteiger partial charge in [0, 0.05) is 32.1 Å². The molecule has 2 amide bonds. The number of aryl methyl sites for hydroxylation is 1. The number of aromatic nitrogens is 2. The summed E-state index contributed by atoms with van der Waals surface area (Å²) >= 11 is 5.98. The number of halogens is 1. The Hall–Kier alpha value is -2.08. The average molecular weight is 335 g/mol. The highest BCUT2D eigenvalue weighted by Crippen LogP contribution is 2.23. The molecule has 23 heavy (non-hydrogen) atoms. The van der Waals surface area contributed by atoms with Gasteiger partial charge in [0.25, 0.3) is 0 Å². The highest BCUT2D eigenvalue weighted by molar-refractivity contribution is 6.31. The van der Waals surface area contributed by atoms with Gasteiger partial charge in [-0.2, -0.15) is 0 Å². The van der Waals surface area contributed by atoms with Gasteiger partial charge in [0.2, 0.25) is 17.8 Å². The van der Waals surface area contributed by atoms with E-state index in [4.69, 9.17) is 11.6 Å². The van der Waals surface area contributed by atoms with Gasteiger partial charge in [0.05, 0.1) is 17.0 Å². The van der Waals surface area contributed by atoms with E-state index in [1.165, 1.54) is 6.92 Å². The maximum atomic E-state index is 12.5. The number of hydrogen-bond donors (Lipinski definition) is 1. The number of nitrogens with zero attached hydrogens (tertiary/aromatic N) is 3. The minimum atomic E-state index is -0.198. The van der Waals surface area contributed by atoms with Crippen LogP contribution in [0.15, 0.2) is 18.2 Å². The first-order valence-electron chi connectivity index (χ1n) is 7.64. The Balaban J connectivity index is 1.77. The Morgan fingerprint density at radius 2 is 2.17 bits per heavy atom. The third kappa shape index (κ3) is 3.17. The van der Waals surface area contributed by atoms with Crippen LogP contribution >= 0.6 is 11.6 Å². The van der Waals surface area contributed by atoms with Gasteiger partial charge in [-0.1, -0.05) is 11.6 Å². The number of anilines is 1. The second-order valence-corrected chi connectivity index (χ2v) is 6.36. The Bertz CT molecular complexity index is 771. The van der Waals surface area contributed by atoms with Crippen molar-refractivity contribution in [2.75, 3.05) is 18.4 Å². The van der Waals surface area contributed by atoms with Gasteiger partial charge >= 0.3 is 0 Å². The summed E-state index contributed by atoms with van der Waals surface area (Å²) in [5.41, 5.74) is 1.64. The van der Waals surface area contributed by atoms with Gasteiger partial charge < -0.3 is 9.47 Å². The SMILES string of the molecule is CC(=O)N1CCC[C@@H](C(=O)Nc2nc3cc(Cl)ccc3n2C)C1. The number of hydrogen-bond acceptors (Lipinski definition) is 3. The molecule has 3 rings (SSSR count). The molecule has 0 spiro atoms. The summed E-state index contributed by atoms with van der Waals surface area (Å²) in [5, 5.41) is 3.49. The predicted octanol–water partition coefficient (Wildman–Crippen LogP) is 2.42. The number of piperidine rings is 1. The Morgan fingerprint density at radius 1 is 1.39 bits per heavy atom. The molecule has 1 fully saturated rings. The standard InChI is InChI=1S/C16H19ClN4O2/c1-10(22)21-7-3-4-11(9-21)15(23)19-16-18-13-8-12(17)5-6-14(13)20(16)2/h5-6,8,11H,3-4,7,9H2,1-2H3,(H,18,19,23)/t11-/m1/s1. The van der Waals surface area contributed by atoms with Crippen molar-refractivity contribution in [2.24, 2.45) is 13.0 Å². The monoisotopic (exact) mass is 334 g/mol. The number of likely N-dealkylation sites (tertiary alicyclic amines) is 1. The molecule has 2 heterocycles. The van der Waals surface area contributed by atoms with Gasteiger partial charge in [-0.15, -0.1) is 0 Å². The molecule has 122 valence electrons. The molecular formula is C16H19ClN4O2. The van der Waals surface area contributed by atoms with E-state index in [-0.39, 0.29) is 17.7 Å². The maximum absolute atomic E-state index is 12.5. The van der Waals surface area contributed by atoms with Crippen molar-refractivity contribution >= 4 is 40.4 Å². The first kappa shape index (κ1) is 15.8. The summed E-state index contributed by atoms with van der Waals surface area (Å²) in [4.78, 5) is 30.1.